The summed E-state index contributed by atoms with van der Waals surface area (Å²) in [5.41, 5.74) is -0.649. The average molecular weight is 302 g/mol. The number of carbonyl (C=O) groups excluding carboxylic acids is 2. The first-order valence-corrected chi connectivity index (χ1v) is 6.51. The molecule has 1 aromatic carbocycles. The van der Waals surface area contributed by atoms with E-state index < -0.39 is 34.8 Å². The maximum Gasteiger partial charge on any atom is 0.254 e. The monoisotopic (exact) mass is 302 g/mol. The minimum Gasteiger partial charge on any atom is -0.355 e. The van der Waals surface area contributed by atoms with Crippen molar-refractivity contribution >= 4 is 11.8 Å². The highest BCUT2D eigenvalue weighted by Crippen LogP contribution is 2.14. The highest BCUT2D eigenvalue weighted by atomic mass is 19.2. The molecule has 0 aliphatic heterocycles. The highest BCUT2D eigenvalue weighted by Gasteiger charge is 2.19. The Morgan fingerprint density at radius 2 is 1.76 bits per heavy atom. The van der Waals surface area contributed by atoms with Gasteiger partial charge >= 0.3 is 0 Å². The molecule has 1 aromatic rings. The number of carbonyl (C=O) groups is 2. The van der Waals surface area contributed by atoms with Gasteiger partial charge in [-0.3, -0.25) is 9.59 Å². The van der Waals surface area contributed by atoms with Gasteiger partial charge in [-0.2, -0.15) is 0 Å². The lowest BCUT2D eigenvalue weighted by Gasteiger charge is -2.09. The van der Waals surface area contributed by atoms with Gasteiger partial charge in [-0.25, -0.2) is 13.2 Å². The van der Waals surface area contributed by atoms with Crippen molar-refractivity contribution in [2.24, 2.45) is 5.92 Å². The molecule has 4 nitrogen and oxygen atoms in total. The third-order valence-corrected chi connectivity index (χ3v) is 2.73. The lowest BCUT2D eigenvalue weighted by Crippen LogP contribution is -2.37. The van der Waals surface area contributed by atoms with Crippen LogP contribution in [0.15, 0.2) is 12.1 Å². The molecule has 116 valence electrons. The van der Waals surface area contributed by atoms with Crippen LogP contribution in [0.4, 0.5) is 13.2 Å². The first-order valence-electron chi connectivity index (χ1n) is 6.51. The van der Waals surface area contributed by atoms with E-state index in [0.29, 0.717) is 18.5 Å². The van der Waals surface area contributed by atoms with E-state index in [2.05, 4.69) is 10.6 Å². The number of benzene rings is 1. The number of hydrogen-bond acceptors (Lipinski definition) is 2. The van der Waals surface area contributed by atoms with E-state index in [9.17, 15) is 22.8 Å². The molecule has 21 heavy (non-hydrogen) atoms. The number of hydrogen-bond donors (Lipinski definition) is 2. The molecule has 0 heterocycles. The summed E-state index contributed by atoms with van der Waals surface area (Å²) in [5, 5.41) is 4.72. The van der Waals surface area contributed by atoms with E-state index in [1.54, 1.807) is 0 Å². The topological polar surface area (TPSA) is 58.2 Å². The van der Waals surface area contributed by atoms with Crippen LogP contribution in [-0.2, 0) is 4.79 Å². The van der Waals surface area contributed by atoms with Gasteiger partial charge in [0, 0.05) is 6.54 Å². The zero-order valence-corrected chi connectivity index (χ0v) is 11.8. The van der Waals surface area contributed by atoms with Gasteiger partial charge in [0.1, 0.15) is 0 Å². The van der Waals surface area contributed by atoms with Crippen molar-refractivity contribution in [1.82, 2.24) is 10.6 Å². The molecule has 0 spiro atoms. The molecule has 0 saturated heterocycles. The van der Waals surface area contributed by atoms with Crippen LogP contribution >= 0.6 is 0 Å². The van der Waals surface area contributed by atoms with Crippen LogP contribution < -0.4 is 10.6 Å². The third kappa shape index (κ3) is 5.09. The fourth-order valence-corrected chi connectivity index (χ4v) is 1.52. The Kier molecular flexibility index (Phi) is 6.20. The Labute approximate surface area is 120 Å². The number of halogens is 3. The van der Waals surface area contributed by atoms with Crippen LogP contribution in [0.5, 0.6) is 0 Å². The molecule has 0 saturated carbocycles. The SMILES string of the molecule is CC(C)CCNC(=O)CNC(=O)c1ccc(F)c(F)c1F. The lowest BCUT2D eigenvalue weighted by atomic mass is 10.1. The quantitative estimate of drug-likeness (QED) is 0.790. The smallest absolute Gasteiger partial charge is 0.254 e. The maximum absolute atomic E-state index is 13.4. The summed E-state index contributed by atoms with van der Waals surface area (Å²) in [6.45, 7) is 4.10. The van der Waals surface area contributed by atoms with Gasteiger partial charge in [0.25, 0.3) is 5.91 Å². The largest absolute Gasteiger partial charge is 0.355 e. The lowest BCUT2D eigenvalue weighted by molar-refractivity contribution is -0.120. The van der Waals surface area contributed by atoms with Crippen LogP contribution in [0.25, 0.3) is 0 Å². The van der Waals surface area contributed by atoms with E-state index in [1.807, 2.05) is 13.8 Å². The molecule has 0 bridgehead atoms. The normalized spacial score (nSPS) is 10.6. The summed E-state index contributed by atoms with van der Waals surface area (Å²) in [7, 11) is 0. The molecule has 0 atom stereocenters. The van der Waals surface area contributed by atoms with Gasteiger partial charge in [-0.1, -0.05) is 13.8 Å². The first-order chi connectivity index (χ1) is 9.82. The molecule has 0 fully saturated rings. The second-order valence-electron chi connectivity index (χ2n) is 4.94. The predicted molar refractivity (Wildman–Crippen MR) is 71.1 cm³/mol. The minimum atomic E-state index is -1.72. The van der Waals surface area contributed by atoms with Crippen molar-refractivity contribution in [3.63, 3.8) is 0 Å². The molecule has 0 aliphatic carbocycles. The molecule has 0 aromatic heterocycles. The van der Waals surface area contributed by atoms with E-state index >= 15 is 0 Å². The van der Waals surface area contributed by atoms with E-state index in [4.69, 9.17) is 0 Å². The molecular formula is C14H17F3N2O2. The molecule has 0 aliphatic rings. The van der Waals surface area contributed by atoms with Gasteiger partial charge in [-0.15, -0.1) is 0 Å². The fraction of sp³-hybridized carbons (Fsp3) is 0.429. The van der Waals surface area contributed by atoms with Crippen molar-refractivity contribution in [3.05, 3.63) is 35.1 Å². The molecule has 2 amide bonds. The number of amides is 2. The third-order valence-electron chi connectivity index (χ3n) is 2.73. The molecule has 2 N–H and O–H groups in total. The van der Waals surface area contributed by atoms with Crippen LogP contribution in [-0.4, -0.2) is 24.9 Å². The zero-order chi connectivity index (χ0) is 16.0. The summed E-state index contributed by atoms with van der Waals surface area (Å²) >= 11 is 0. The maximum atomic E-state index is 13.4. The highest BCUT2D eigenvalue weighted by molar-refractivity contribution is 5.96. The molecule has 1 rings (SSSR count). The molecule has 0 radical (unpaired) electrons. The van der Waals surface area contributed by atoms with Gasteiger partial charge in [0.2, 0.25) is 5.91 Å². The Morgan fingerprint density at radius 3 is 2.38 bits per heavy atom. The Bertz CT molecular complexity index is 533. The van der Waals surface area contributed by atoms with Gasteiger partial charge < -0.3 is 10.6 Å². The van der Waals surface area contributed by atoms with Crippen molar-refractivity contribution in [2.75, 3.05) is 13.1 Å². The fourth-order valence-electron chi connectivity index (χ4n) is 1.52. The number of nitrogens with one attached hydrogen (secondary N) is 2. The van der Waals surface area contributed by atoms with Crippen molar-refractivity contribution in [3.8, 4) is 0 Å². The van der Waals surface area contributed by atoms with Gasteiger partial charge in [-0.05, 0) is 24.5 Å². The molecule has 0 unspecified atom stereocenters. The summed E-state index contributed by atoms with van der Waals surface area (Å²) in [5.74, 6) is -5.67. The molecule has 7 heteroatoms. The van der Waals surface area contributed by atoms with Crippen molar-refractivity contribution < 1.29 is 22.8 Å². The Hall–Kier alpha value is -2.05. The van der Waals surface area contributed by atoms with Gasteiger partial charge in [0.05, 0.1) is 12.1 Å². The summed E-state index contributed by atoms with van der Waals surface area (Å²) < 4.78 is 39.1. The Balaban J connectivity index is 2.51. The minimum absolute atomic E-state index is 0.366. The average Bonchev–Trinajstić information content (AvgIpc) is 2.42. The number of rotatable bonds is 6. The summed E-state index contributed by atoms with van der Waals surface area (Å²) in [6.07, 6.45) is 0.789. The van der Waals surface area contributed by atoms with Crippen molar-refractivity contribution in [1.29, 1.82) is 0 Å². The van der Waals surface area contributed by atoms with Crippen LogP contribution in [0.1, 0.15) is 30.6 Å². The first kappa shape index (κ1) is 17.0. The van der Waals surface area contributed by atoms with E-state index in [1.165, 1.54) is 0 Å². The van der Waals surface area contributed by atoms with E-state index in [0.717, 1.165) is 12.5 Å². The second kappa shape index (κ2) is 7.66. The summed E-state index contributed by atoms with van der Waals surface area (Å²) in [4.78, 5) is 23.0. The van der Waals surface area contributed by atoms with Crippen LogP contribution in [0.2, 0.25) is 0 Å². The van der Waals surface area contributed by atoms with Crippen molar-refractivity contribution in [2.45, 2.75) is 20.3 Å². The summed E-state index contributed by atoms with van der Waals surface area (Å²) in [6, 6.07) is 1.47. The molecular weight excluding hydrogens is 285 g/mol. The van der Waals surface area contributed by atoms with E-state index in [-0.39, 0.29) is 6.54 Å². The zero-order valence-electron chi connectivity index (χ0n) is 11.8. The Morgan fingerprint density at radius 1 is 1.10 bits per heavy atom. The van der Waals surface area contributed by atoms with Gasteiger partial charge in [0.15, 0.2) is 17.5 Å². The second-order valence-corrected chi connectivity index (χ2v) is 4.94. The standard InChI is InChI=1S/C14H17F3N2O2/c1-8(2)5-6-18-11(20)7-19-14(21)9-3-4-10(15)13(17)12(9)16/h3-4,8H,5-7H2,1-2H3,(H,18,20)(H,19,21). The van der Waals surface area contributed by atoms with Crippen LogP contribution in [0.3, 0.4) is 0 Å². The predicted octanol–water partition coefficient (Wildman–Crippen LogP) is 2.00. The van der Waals surface area contributed by atoms with Crippen LogP contribution in [0, 0.1) is 23.4 Å².